The van der Waals surface area contributed by atoms with E-state index in [1.807, 2.05) is 6.07 Å². The fourth-order valence-corrected chi connectivity index (χ4v) is 4.99. The van der Waals surface area contributed by atoms with Crippen molar-refractivity contribution in [1.82, 2.24) is 4.31 Å². The molecule has 104 valence electrons. The Bertz CT molecular complexity index is 662. The van der Waals surface area contributed by atoms with E-state index in [0.29, 0.717) is 9.21 Å². The molecule has 0 atom stereocenters. The molecule has 0 amide bonds. The van der Waals surface area contributed by atoms with Gasteiger partial charge in [-0.05, 0) is 18.2 Å². The van der Waals surface area contributed by atoms with Crippen LogP contribution in [0.15, 0.2) is 28.5 Å². The van der Waals surface area contributed by atoms with Crippen molar-refractivity contribution in [3.8, 4) is 0 Å². The van der Waals surface area contributed by atoms with Crippen LogP contribution >= 0.6 is 34.3 Å². The maximum absolute atomic E-state index is 12.3. The Balaban J connectivity index is 2.19. The topological polar surface area (TPSA) is 57.6 Å². The summed E-state index contributed by atoms with van der Waals surface area (Å²) >= 11 is 8.41. The molecule has 4 nitrogen and oxygen atoms in total. The SMILES string of the molecule is CN(Cc1ccc(Cl)s1)S(=O)(=O)c1csc(CO)c1. The quantitative estimate of drug-likeness (QED) is 0.912. The lowest BCUT2D eigenvalue weighted by Gasteiger charge is -2.15. The lowest BCUT2D eigenvalue weighted by atomic mass is 10.5. The number of hydrogen-bond donors (Lipinski definition) is 1. The monoisotopic (exact) mass is 337 g/mol. The summed E-state index contributed by atoms with van der Waals surface area (Å²) < 4.78 is 26.5. The standard InChI is InChI=1S/C11H12ClNO3S3/c1-13(5-8-2-3-11(12)18-8)19(15,16)10-4-9(6-14)17-7-10/h2-4,7,14H,5-6H2,1H3. The Morgan fingerprint density at radius 1 is 1.37 bits per heavy atom. The highest BCUT2D eigenvalue weighted by atomic mass is 35.5. The average molecular weight is 338 g/mol. The molecule has 0 radical (unpaired) electrons. The van der Waals surface area contributed by atoms with Gasteiger partial charge in [-0.1, -0.05) is 11.6 Å². The molecule has 0 saturated heterocycles. The van der Waals surface area contributed by atoms with Crippen molar-refractivity contribution in [1.29, 1.82) is 0 Å². The van der Waals surface area contributed by atoms with Gasteiger partial charge in [0.2, 0.25) is 10.0 Å². The normalized spacial score (nSPS) is 12.2. The molecule has 8 heteroatoms. The highest BCUT2D eigenvalue weighted by Gasteiger charge is 2.22. The lowest BCUT2D eigenvalue weighted by Crippen LogP contribution is -2.25. The first-order valence-electron chi connectivity index (χ1n) is 5.32. The molecule has 2 aromatic rings. The van der Waals surface area contributed by atoms with Crippen LogP contribution in [-0.4, -0.2) is 24.9 Å². The van der Waals surface area contributed by atoms with Gasteiger partial charge in [-0.25, -0.2) is 8.42 Å². The van der Waals surface area contributed by atoms with Gasteiger partial charge in [0.25, 0.3) is 0 Å². The van der Waals surface area contributed by atoms with Crippen molar-refractivity contribution < 1.29 is 13.5 Å². The second kappa shape index (κ2) is 5.90. The van der Waals surface area contributed by atoms with E-state index >= 15 is 0 Å². The number of rotatable bonds is 5. The Labute approximate surface area is 124 Å². The van der Waals surface area contributed by atoms with Crippen molar-refractivity contribution in [3.63, 3.8) is 0 Å². The molecule has 2 aromatic heterocycles. The minimum absolute atomic E-state index is 0.148. The van der Waals surface area contributed by atoms with Gasteiger partial charge in [0.15, 0.2) is 0 Å². The first-order chi connectivity index (χ1) is 8.93. The van der Waals surface area contributed by atoms with Crippen LogP contribution in [0.1, 0.15) is 9.75 Å². The van der Waals surface area contributed by atoms with Crippen LogP contribution in [0.4, 0.5) is 0 Å². The van der Waals surface area contributed by atoms with Crippen molar-refractivity contribution in [2.24, 2.45) is 0 Å². The third-order valence-corrected chi connectivity index (χ3v) is 6.57. The number of thiophene rings is 2. The molecular weight excluding hydrogens is 326 g/mol. The summed E-state index contributed by atoms with van der Waals surface area (Å²) in [5.74, 6) is 0. The molecule has 2 rings (SSSR count). The van der Waals surface area contributed by atoms with Crippen molar-refractivity contribution >= 4 is 44.3 Å². The molecule has 2 heterocycles. The molecule has 0 aliphatic rings. The van der Waals surface area contributed by atoms with Gasteiger partial charge in [0.05, 0.1) is 15.8 Å². The van der Waals surface area contributed by atoms with Gasteiger partial charge in [-0.3, -0.25) is 0 Å². The number of aliphatic hydroxyl groups is 1. The maximum Gasteiger partial charge on any atom is 0.243 e. The smallest absolute Gasteiger partial charge is 0.243 e. The summed E-state index contributed by atoms with van der Waals surface area (Å²) in [4.78, 5) is 1.73. The molecule has 19 heavy (non-hydrogen) atoms. The minimum atomic E-state index is -3.52. The predicted octanol–water partition coefficient (Wildman–Crippen LogP) is 2.78. The largest absolute Gasteiger partial charge is 0.391 e. The molecule has 0 unspecified atom stereocenters. The lowest BCUT2D eigenvalue weighted by molar-refractivity contribution is 0.285. The van der Waals surface area contributed by atoms with Gasteiger partial charge in [-0.2, -0.15) is 4.31 Å². The molecule has 1 N–H and O–H groups in total. The van der Waals surface area contributed by atoms with Crippen LogP contribution in [0, 0.1) is 0 Å². The van der Waals surface area contributed by atoms with Crippen LogP contribution in [0.2, 0.25) is 4.34 Å². The van der Waals surface area contributed by atoms with E-state index < -0.39 is 10.0 Å². The second-order valence-corrected chi connectivity index (χ2v) is 8.71. The van der Waals surface area contributed by atoms with E-state index in [1.54, 1.807) is 11.4 Å². The van der Waals surface area contributed by atoms with Gasteiger partial charge in [0.1, 0.15) is 0 Å². The zero-order valence-electron chi connectivity index (χ0n) is 10.0. The van der Waals surface area contributed by atoms with E-state index in [-0.39, 0.29) is 18.0 Å². The zero-order valence-corrected chi connectivity index (χ0v) is 13.2. The van der Waals surface area contributed by atoms with Crippen LogP contribution < -0.4 is 0 Å². The summed E-state index contributed by atoms with van der Waals surface area (Å²) in [6.07, 6.45) is 0. The summed E-state index contributed by atoms with van der Waals surface area (Å²) in [6.45, 7) is 0.133. The third kappa shape index (κ3) is 3.36. The Morgan fingerprint density at radius 2 is 2.11 bits per heavy atom. The van der Waals surface area contributed by atoms with Gasteiger partial charge >= 0.3 is 0 Å². The van der Waals surface area contributed by atoms with Crippen LogP contribution in [-0.2, 0) is 23.2 Å². The second-order valence-electron chi connectivity index (χ2n) is 3.87. The van der Waals surface area contributed by atoms with E-state index in [4.69, 9.17) is 16.7 Å². The zero-order chi connectivity index (χ0) is 14.0. The Hall–Kier alpha value is -0.440. The van der Waals surface area contributed by atoms with E-state index in [0.717, 1.165) is 4.88 Å². The number of halogens is 1. The molecule has 0 aliphatic heterocycles. The highest BCUT2D eigenvalue weighted by molar-refractivity contribution is 7.89. The average Bonchev–Trinajstić information content (AvgIpc) is 2.98. The number of sulfonamides is 1. The van der Waals surface area contributed by atoms with Gasteiger partial charge < -0.3 is 5.11 Å². The first kappa shape index (κ1) is 15.0. The molecule has 0 bridgehead atoms. The van der Waals surface area contributed by atoms with Gasteiger partial charge in [-0.15, -0.1) is 22.7 Å². The van der Waals surface area contributed by atoms with Crippen molar-refractivity contribution in [3.05, 3.63) is 37.7 Å². The highest BCUT2D eigenvalue weighted by Crippen LogP contribution is 2.26. The van der Waals surface area contributed by atoms with Crippen LogP contribution in [0.25, 0.3) is 0 Å². The molecule has 0 aliphatic carbocycles. The van der Waals surface area contributed by atoms with E-state index in [9.17, 15) is 8.42 Å². The Morgan fingerprint density at radius 3 is 2.63 bits per heavy atom. The molecule has 0 spiro atoms. The summed E-state index contributed by atoms with van der Waals surface area (Å²) in [5.41, 5.74) is 0. The minimum Gasteiger partial charge on any atom is -0.391 e. The van der Waals surface area contributed by atoms with Crippen molar-refractivity contribution in [2.75, 3.05) is 7.05 Å². The fraction of sp³-hybridized carbons (Fsp3) is 0.273. The number of aliphatic hydroxyl groups excluding tert-OH is 1. The number of hydrogen-bond acceptors (Lipinski definition) is 5. The van der Waals surface area contributed by atoms with E-state index in [1.165, 1.54) is 40.1 Å². The third-order valence-electron chi connectivity index (χ3n) is 2.50. The molecule has 0 fully saturated rings. The van der Waals surface area contributed by atoms with Crippen LogP contribution in [0.3, 0.4) is 0 Å². The Kier molecular flexibility index (Phi) is 4.65. The molecular formula is C11H12ClNO3S3. The first-order valence-corrected chi connectivity index (χ1v) is 8.83. The van der Waals surface area contributed by atoms with Gasteiger partial charge in [0, 0.05) is 28.7 Å². The van der Waals surface area contributed by atoms with Crippen molar-refractivity contribution in [2.45, 2.75) is 18.0 Å². The fourth-order valence-electron chi connectivity index (χ4n) is 1.50. The maximum atomic E-state index is 12.3. The predicted molar refractivity (Wildman–Crippen MR) is 78.2 cm³/mol. The molecule has 0 saturated carbocycles. The summed E-state index contributed by atoms with van der Waals surface area (Å²) in [5, 5.41) is 10.5. The van der Waals surface area contributed by atoms with Crippen LogP contribution in [0.5, 0.6) is 0 Å². The summed E-state index contributed by atoms with van der Waals surface area (Å²) in [7, 11) is -1.99. The summed E-state index contributed by atoms with van der Waals surface area (Å²) in [6, 6.07) is 5.06. The number of nitrogens with zero attached hydrogens (tertiary/aromatic N) is 1. The van der Waals surface area contributed by atoms with E-state index in [2.05, 4.69) is 0 Å². The molecule has 0 aromatic carbocycles.